The van der Waals surface area contributed by atoms with Crippen LogP contribution in [0.25, 0.3) is 58.4 Å². The molecule has 0 radical (unpaired) electrons. The van der Waals surface area contributed by atoms with Crippen molar-refractivity contribution in [2.75, 3.05) is 6.54 Å². The quantitative estimate of drug-likeness (QED) is 0.0975. The van der Waals surface area contributed by atoms with Crippen LogP contribution in [0.4, 0.5) is 0 Å². The summed E-state index contributed by atoms with van der Waals surface area (Å²) in [4.78, 5) is 18.2. The molecule has 0 saturated carbocycles. The maximum atomic E-state index is 5.29. The summed E-state index contributed by atoms with van der Waals surface area (Å²) in [6.07, 6.45) is 4.62. The van der Waals surface area contributed by atoms with E-state index in [1.165, 1.54) is 47.3 Å². The molecule has 0 bridgehead atoms. The van der Waals surface area contributed by atoms with Gasteiger partial charge in [0.2, 0.25) is 0 Å². The first-order valence-corrected chi connectivity index (χ1v) is 17.6. The van der Waals surface area contributed by atoms with E-state index < -0.39 is 0 Å². The molecule has 0 saturated heterocycles. The average molecular weight is 666 g/mol. The third-order valence-electron chi connectivity index (χ3n) is 9.15. The number of benzene rings is 6. The summed E-state index contributed by atoms with van der Waals surface area (Å²) in [5.74, 6) is 0. The first-order valence-electron chi connectivity index (χ1n) is 16.8. The van der Waals surface area contributed by atoms with Gasteiger partial charge in [-0.25, -0.2) is 0 Å². The Morgan fingerprint density at radius 1 is 0.680 bits per heavy atom. The molecule has 0 spiro atoms. The lowest BCUT2D eigenvalue weighted by Gasteiger charge is -2.16. The standard InChI is InChI=1S/C44H35N5S/c1-45-24-11-25-47-27-31-18-23-40-36(26-31)35-20-22-38-42(44(35)50-40)41-34-17-10-9-14-32(34)19-21-37(41)49(38)39(29-46-2)43(33-15-7-4-8-16-33)48-28-30-12-5-3-6-13-30/h3-10,12-23,25-26,29H,1-2,11,24,27-28H2/b39-29+,47-25?,48-43?. The van der Waals surface area contributed by atoms with Gasteiger partial charge in [0.15, 0.2) is 0 Å². The summed E-state index contributed by atoms with van der Waals surface area (Å²) in [5, 5.41) is 7.39. The fourth-order valence-corrected chi connectivity index (χ4v) is 8.12. The highest BCUT2D eigenvalue weighted by Crippen LogP contribution is 2.45. The van der Waals surface area contributed by atoms with Crippen molar-refractivity contribution < 1.29 is 0 Å². The molecule has 0 fully saturated rings. The summed E-state index contributed by atoms with van der Waals surface area (Å²) < 4.78 is 4.86. The predicted molar refractivity (Wildman–Crippen MR) is 218 cm³/mol. The number of nitrogens with zero attached hydrogens (tertiary/aromatic N) is 5. The number of rotatable bonds is 11. The van der Waals surface area contributed by atoms with E-state index in [0.29, 0.717) is 19.6 Å². The van der Waals surface area contributed by atoms with Crippen molar-refractivity contribution in [3.05, 3.63) is 150 Å². The maximum absolute atomic E-state index is 5.29. The molecule has 0 aliphatic heterocycles. The zero-order chi connectivity index (χ0) is 33.9. The van der Waals surface area contributed by atoms with Crippen LogP contribution in [-0.4, -0.2) is 36.5 Å². The Kier molecular flexibility index (Phi) is 8.68. The fourth-order valence-electron chi connectivity index (χ4n) is 6.89. The number of aliphatic imine (C=N–C) groups is 4. The van der Waals surface area contributed by atoms with Crippen molar-refractivity contribution in [2.24, 2.45) is 20.0 Å². The Morgan fingerprint density at radius 2 is 1.44 bits per heavy atom. The predicted octanol–water partition coefficient (Wildman–Crippen LogP) is 11.2. The van der Waals surface area contributed by atoms with Crippen LogP contribution in [0.2, 0.25) is 0 Å². The minimum Gasteiger partial charge on any atom is -0.306 e. The second-order valence-electron chi connectivity index (χ2n) is 12.3. The summed E-state index contributed by atoms with van der Waals surface area (Å²) in [6.45, 7) is 9.37. The zero-order valence-electron chi connectivity index (χ0n) is 27.7. The van der Waals surface area contributed by atoms with Crippen molar-refractivity contribution in [1.82, 2.24) is 4.57 Å². The van der Waals surface area contributed by atoms with E-state index in [-0.39, 0.29) is 0 Å². The van der Waals surface area contributed by atoms with Crippen LogP contribution in [0.15, 0.2) is 154 Å². The van der Waals surface area contributed by atoms with Gasteiger partial charge in [0, 0.05) is 55.7 Å². The Balaban J connectivity index is 1.40. The van der Waals surface area contributed by atoms with Gasteiger partial charge < -0.3 is 9.56 Å². The molecular formula is C44H35N5S. The molecule has 8 rings (SSSR count). The third kappa shape index (κ3) is 5.74. The minimum absolute atomic E-state index is 0.539. The largest absolute Gasteiger partial charge is 0.306 e. The first kappa shape index (κ1) is 31.3. The van der Waals surface area contributed by atoms with Gasteiger partial charge in [-0.05, 0) is 59.6 Å². The van der Waals surface area contributed by atoms with E-state index in [1.807, 2.05) is 35.9 Å². The fraction of sp³-hybridized carbons (Fsp3) is 0.0909. The lowest BCUT2D eigenvalue weighted by atomic mass is 10.0. The molecular weight excluding hydrogens is 631 g/mol. The molecule has 2 heterocycles. The molecule has 0 unspecified atom stereocenters. The monoisotopic (exact) mass is 665 g/mol. The van der Waals surface area contributed by atoms with Gasteiger partial charge in [0.25, 0.3) is 0 Å². The molecule has 0 N–H and O–H groups in total. The molecule has 6 aromatic carbocycles. The highest BCUT2D eigenvalue weighted by Gasteiger charge is 2.23. The van der Waals surface area contributed by atoms with Crippen LogP contribution in [-0.2, 0) is 13.1 Å². The summed E-state index contributed by atoms with van der Waals surface area (Å²) in [7, 11) is 0. The highest BCUT2D eigenvalue weighted by molar-refractivity contribution is 7.26. The topological polar surface area (TPSA) is 54.4 Å². The SMILES string of the molecule is C=N/C=C(\C(=NCc1ccccc1)c1ccccc1)n1c2ccc3ccccc3c2c2c3sc4ccc(CN=CCCN=C)cc4c3ccc21. The molecule has 0 aliphatic carbocycles. The lowest BCUT2D eigenvalue weighted by Crippen LogP contribution is -2.11. The van der Waals surface area contributed by atoms with E-state index in [2.05, 4.69) is 148 Å². The zero-order valence-corrected chi connectivity index (χ0v) is 28.5. The number of thiophene rings is 1. The number of hydrogen-bond acceptors (Lipinski definition) is 5. The Morgan fingerprint density at radius 3 is 2.26 bits per heavy atom. The van der Waals surface area contributed by atoms with Crippen LogP contribution in [0.3, 0.4) is 0 Å². The normalized spacial score (nSPS) is 12.6. The van der Waals surface area contributed by atoms with Gasteiger partial charge in [-0.15, -0.1) is 11.3 Å². The Bertz CT molecular complexity index is 2620. The molecule has 0 aliphatic rings. The van der Waals surface area contributed by atoms with E-state index >= 15 is 0 Å². The molecule has 5 nitrogen and oxygen atoms in total. The summed E-state index contributed by atoms with van der Waals surface area (Å²) >= 11 is 1.85. The van der Waals surface area contributed by atoms with Gasteiger partial charge >= 0.3 is 0 Å². The van der Waals surface area contributed by atoms with E-state index in [4.69, 9.17) is 4.99 Å². The molecule has 6 heteroatoms. The van der Waals surface area contributed by atoms with E-state index in [0.717, 1.165) is 40.0 Å². The van der Waals surface area contributed by atoms with Crippen molar-refractivity contribution in [1.29, 1.82) is 0 Å². The molecule has 8 aromatic rings. The summed E-state index contributed by atoms with van der Waals surface area (Å²) in [5.41, 5.74) is 7.31. The molecule has 2 aromatic heterocycles. The molecule has 0 amide bonds. The summed E-state index contributed by atoms with van der Waals surface area (Å²) in [6, 6.07) is 45.2. The Hall–Kier alpha value is -5.98. The van der Waals surface area contributed by atoms with Gasteiger partial charge in [-0.3, -0.25) is 15.0 Å². The maximum Gasteiger partial charge on any atom is 0.0907 e. The number of fused-ring (bicyclic) bond motifs is 9. The second-order valence-corrected chi connectivity index (χ2v) is 13.3. The molecule has 242 valence electrons. The van der Waals surface area contributed by atoms with E-state index in [1.54, 1.807) is 0 Å². The lowest BCUT2D eigenvalue weighted by molar-refractivity contribution is 1.03. The number of allylic oxidation sites excluding steroid dienone is 1. The van der Waals surface area contributed by atoms with Crippen LogP contribution in [0.5, 0.6) is 0 Å². The third-order valence-corrected chi connectivity index (χ3v) is 10.4. The Labute approximate surface area is 295 Å². The van der Waals surface area contributed by atoms with Crippen LogP contribution >= 0.6 is 11.3 Å². The smallest absolute Gasteiger partial charge is 0.0907 e. The average Bonchev–Trinajstić information content (AvgIpc) is 3.71. The number of aromatic nitrogens is 1. The van der Waals surface area contributed by atoms with Gasteiger partial charge in [0.1, 0.15) is 0 Å². The van der Waals surface area contributed by atoms with Gasteiger partial charge in [-0.2, -0.15) is 0 Å². The first-order chi connectivity index (χ1) is 24.7. The van der Waals surface area contributed by atoms with Crippen LogP contribution in [0, 0.1) is 0 Å². The van der Waals surface area contributed by atoms with Crippen LogP contribution < -0.4 is 0 Å². The van der Waals surface area contributed by atoms with Gasteiger partial charge in [-0.1, -0.05) is 103 Å². The van der Waals surface area contributed by atoms with Crippen molar-refractivity contribution in [2.45, 2.75) is 19.5 Å². The highest BCUT2D eigenvalue weighted by atomic mass is 32.1. The number of hydrogen-bond donors (Lipinski definition) is 0. The van der Waals surface area contributed by atoms with Crippen molar-refractivity contribution in [3.8, 4) is 0 Å². The van der Waals surface area contributed by atoms with E-state index in [9.17, 15) is 0 Å². The molecule has 50 heavy (non-hydrogen) atoms. The molecule has 0 atom stereocenters. The second kappa shape index (κ2) is 13.9. The van der Waals surface area contributed by atoms with Crippen LogP contribution in [0.1, 0.15) is 23.1 Å². The minimum atomic E-state index is 0.539. The van der Waals surface area contributed by atoms with Gasteiger partial charge in [0.05, 0.1) is 41.7 Å². The van der Waals surface area contributed by atoms with Crippen molar-refractivity contribution >= 4 is 95.1 Å². The van der Waals surface area contributed by atoms with Crippen molar-refractivity contribution in [3.63, 3.8) is 0 Å².